The lowest BCUT2D eigenvalue weighted by atomic mass is 9.64. The summed E-state index contributed by atoms with van der Waals surface area (Å²) in [5.41, 5.74) is 3.98. The molecule has 2 saturated carbocycles. The fraction of sp³-hybridized carbons (Fsp3) is 0.710. The maximum Gasteiger partial charge on any atom is 0.332 e. The standard InChI is InChI=1S/C31H48O5/c1-9-24-14-15-25-22(11-10-16-30(24,25)8)12-13-23-17-31(34,18-26(32)21(23)2)35-19-27(33)36-29(6,7)20-28(3,4)5/h12-14,25-26,32,34H,2,9-11,15-20H2,1,3-8H3/t25-,26-,30+,31-/m0/s1. The molecule has 0 amide bonds. The first kappa shape index (κ1) is 28.9. The first-order chi connectivity index (χ1) is 16.6. The Balaban J connectivity index is 1.68. The van der Waals surface area contributed by atoms with E-state index >= 15 is 0 Å². The fourth-order valence-corrected chi connectivity index (χ4v) is 6.90. The normalized spacial score (nSPS) is 33.6. The van der Waals surface area contributed by atoms with Gasteiger partial charge in [0.05, 0.1) is 6.10 Å². The molecule has 3 aliphatic carbocycles. The van der Waals surface area contributed by atoms with E-state index in [-0.39, 0.29) is 30.3 Å². The lowest BCUT2D eigenvalue weighted by Crippen LogP contribution is -2.44. The molecule has 0 spiro atoms. The van der Waals surface area contributed by atoms with E-state index in [1.807, 2.05) is 19.9 Å². The van der Waals surface area contributed by atoms with Gasteiger partial charge in [0.1, 0.15) is 12.2 Å². The van der Waals surface area contributed by atoms with Crippen molar-refractivity contribution in [2.24, 2.45) is 16.7 Å². The summed E-state index contributed by atoms with van der Waals surface area (Å²) in [6.07, 6.45) is 12.2. The Morgan fingerprint density at radius 2 is 1.94 bits per heavy atom. The number of aliphatic hydroxyl groups excluding tert-OH is 1. The Kier molecular flexibility index (Phi) is 8.49. The highest BCUT2D eigenvalue weighted by molar-refractivity contribution is 5.71. The van der Waals surface area contributed by atoms with Crippen LogP contribution in [-0.4, -0.2) is 40.3 Å². The van der Waals surface area contributed by atoms with Crippen LogP contribution in [0.4, 0.5) is 0 Å². The number of esters is 1. The molecule has 0 heterocycles. The molecule has 5 nitrogen and oxygen atoms in total. The van der Waals surface area contributed by atoms with Crippen molar-refractivity contribution < 1.29 is 24.5 Å². The molecule has 0 aromatic rings. The number of hydrogen-bond donors (Lipinski definition) is 2. The van der Waals surface area contributed by atoms with Gasteiger partial charge in [-0.3, -0.25) is 0 Å². The number of rotatable bonds is 7. The van der Waals surface area contributed by atoms with Crippen molar-refractivity contribution in [2.75, 3.05) is 6.61 Å². The van der Waals surface area contributed by atoms with Crippen molar-refractivity contribution in [3.05, 3.63) is 47.1 Å². The minimum Gasteiger partial charge on any atom is -0.458 e. The number of fused-ring (bicyclic) bond motifs is 1. The Labute approximate surface area is 218 Å². The van der Waals surface area contributed by atoms with Gasteiger partial charge in [-0.2, -0.15) is 0 Å². The lowest BCUT2D eigenvalue weighted by molar-refractivity contribution is -0.229. The molecule has 3 rings (SSSR count). The van der Waals surface area contributed by atoms with Crippen LogP contribution >= 0.6 is 0 Å². The third-order valence-electron chi connectivity index (χ3n) is 8.19. The van der Waals surface area contributed by atoms with Crippen LogP contribution in [0.2, 0.25) is 0 Å². The lowest BCUT2D eigenvalue weighted by Gasteiger charge is -2.41. The van der Waals surface area contributed by atoms with Crippen LogP contribution in [0.15, 0.2) is 47.1 Å². The molecule has 0 aliphatic heterocycles. The van der Waals surface area contributed by atoms with Crippen molar-refractivity contribution in [2.45, 2.75) is 117 Å². The van der Waals surface area contributed by atoms with E-state index < -0.39 is 23.5 Å². The number of aliphatic hydroxyl groups is 2. The van der Waals surface area contributed by atoms with Gasteiger partial charge in [0.2, 0.25) is 0 Å². The third kappa shape index (κ3) is 6.79. The zero-order valence-electron chi connectivity index (χ0n) is 23.6. The first-order valence-electron chi connectivity index (χ1n) is 13.6. The minimum atomic E-state index is -1.65. The van der Waals surface area contributed by atoms with Crippen LogP contribution in [0.5, 0.6) is 0 Å². The molecule has 0 saturated heterocycles. The highest BCUT2D eigenvalue weighted by Crippen LogP contribution is 2.55. The van der Waals surface area contributed by atoms with Gasteiger partial charge in [0.25, 0.3) is 0 Å². The Morgan fingerprint density at radius 1 is 1.25 bits per heavy atom. The monoisotopic (exact) mass is 500 g/mol. The third-order valence-corrected chi connectivity index (χ3v) is 8.19. The maximum absolute atomic E-state index is 12.5. The first-order valence-corrected chi connectivity index (χ1v) is 13.6. The largest absolute Gasteiger partial charge is 0.458 e. The molecule has 3 aliphatic rings. The zero-order chi connectivity index (χ0) is 26.9. The summed E-state index contributed by atoms with van der Waals surface area (Å²) in [5.74, 6) is -1.66. The fourth-order valence-electron chi connectivity index (χ4n) is 6.90. The number of hydrogen-bond acceptors (Lipinski definition) is 5. The predicted octanol–water partition coefficient (Wildman–Crippen LogP) is 6.56. The molecule has 0 aromatic heterocycles. The summed E-state index contributed by atoms with van der Waals surface area (Å²) in [4.78, 5) is 12.5. The molecule has 0 unspecified atom stereocenters. The number of allylic oxidation sites excluding steroid dienone is 5. The van der Waals surface area contributed by atoms with Crippen LogP contribution in [0.1, 0.15) is 99.8 Å². The van der Waals surface area contributed by atoms with Crippen LogP contribution in [0, 0.1) is 16.7 Å². The van der Waals surface area contributed by atoms with Crippen molar-refractivity contribution in [1.82, 2.24) is 0 Å². The summed E-state index contributed by atoms with van der Waals surface area (Å²) in [6.45, 7) is 18.4. The summed E-state index contributed by atoms with van der Waals surface area (Å²) in [5, 5.41) is 21.8. The molecule has 0 aromatic carbocycles. The van der Waals surface area contributed by atoms with Crippen LogP contribution in [0.25, 0.3) is 0 Å². The van der Waals surface area contributed by atoms with E-state index in [1.54, 1.807) is 5.57 Å². The summed E-state index contributed by atoms with van der Waals surface area (Å²) >= 11 is 0. The van der Waals surface area contributed by atoms with Gasteiger partial charge in [-0.1, -0.05) is 70.6 Å². The number of ether oxygens (including phenoxy) is 2. The molecule has 4 atom stereocenters. The van der Waals surface area contributed by atoms with Crippen molar-refractivity contribution in [3.63, 3.8) is 0 Å². The van der Waals surface area contributed by atoms with Crippen LogP contribution in [-0.2, 0) is 14.3 Å². The second kappa shape index (κ2) is 10.6. The van der Waals surface area contributed by atoms with Gasteiger partial charge in [-0.15, -0.1) is 0 Å². The van der Waals surface area contributed by atoms with Crippen molar-refractivity contribution in [3.8, 4) is 0 Å². The Morgan fingerprint density at radius 3 is 2.58 bits per heavy atom. The molecule has 36 heavy (non-hydrogen) atoms. The molecule has 0 bridgehead atoms. The smallest absolute Gasteiger partial charge is 0.332 e. The van der Waals surface area contributed by atoms with Gasteiger partial charge >= 0.3 is 5.97 Å². The van der Waals surface area contributed by atoms with E-state index in [2.05, 4.69) is 53.3 Å². The highest BCUT2D eigenvalue weighted by Gasteiger charge is 2.44. The summed E-state index contributed by atoms with van der Waals surface area (Å²) in [7, 11) is 0. The molecule has 202 valence electrons. The van der Waals surface area contributed by atoms with Gasteiger partial charge in [-0.05, 0) is 80.3 Å². The topological polar surface area (TPSA) is 76.0 Å². The molecule has 0 radical (unpaired) electrons. The molecular formula is C31H48O5. The second-order valence-electron chi connectivity index (χ2n) is 13.2. The van der Waals surface area contributed by atoms with Crippen molar-refractivity contribution >= 4 is 5.97 Å². The van der Waals surface area contributed by atoms with E-state index in [0.717, 1.165) is 24.8 Å². The van der Waals surface area contributed by atoms with E-state index in [1.165, 1.54) is 18.4 Å². The SMILES string of the molecule is C=C1C(=CC=C2CCC[C@]3(C)C(CC)=CC[C@@H]23)C[C@](O)(OCC(=O)OC(C)(C)CC(C)(C)C)C[C@@H]1O. The molecular weight excluding hydrogens is 452 g/mol. The van der Waals surface area contributed by atoms with Crippen LogP contribution in [0.3, 0.4) is 0 Å². The predicted molar refractivity (Wildman–Crippen MR) is 144 cm³/mol. The summed E-state index contributed by atoms with van der Waals surface area (Å²) < 4.78 is 11.3. The van der Waals surface area contributed by atoms with Crippen LogP contribution < -0.4 is 0 Å². The highest BCUT2D eigenvalue weighted by atomic mass is 16.6. The van der Waals surface area contributed by atoms with E-state index in [0.29, 0.717) is 17.9 Å². The Bertz CT molecular complexity index is 947. The Hall–Kier alpha value is -1.69. The van der Waals surface area contributed by atoms with Gasteiger partial charge in [0.15, 0.2) is 5.79 Å². The maximum atomic E-state index is 12.5. The van der Waals surface area contributed by atoms with Gasteiger partial charge < -0.3 is 19.7 Å². The molecule has 5 heteroatoms. The van der Waals surface area contributed by atoms with Crippen molar-refractivity contribution in [1.29, 1.82) is 0 Å². The zero-order valence-corrected chi connectivity index (χ0v) is 23.6. The molecule has 2 N–H and O–H groups in total. The average molecular weight is 501 g/mol. The number of carbonyl (C=O) groups excluding carboxylic acids is 1. The van der Waals surface area contributed by atoms with E-state index in [9.17, 15) is 15.0 Å². The number of carbonyl (C=O) groups is 1. The quantitative estimate of drug-likeness (QED) is 0.235. The van der Waals surface area contributed by atoms with E-state index in [4.69, 9.17) is 9.47 Å². The average Bonchev–Trinajstić information content (AvgIpc) is 3.08. The van der Waals surface area contributed by atoms with Gasteiger partial charge in [0, 0.05) is 12.8 Å². The summed E-state index contributed by atoms with van der Waals surface area (Å²) in [6, 6.07) is 0. The molecule has 2 fully saturated rings. The second-order valence-corrected chi connectivity index (χ2v) is 13.2. The van der Waals surface area contributed by atoms with Gasteiger partial charge in [-0.25, -0.2) is 4.79 Å². The minimum absolute atomic E-state index is 0.00727.